The summed E-state index contributed by atoms with van der Waals surface area (Å²) < 4.78 is 0. The van der Waals surface area contributed by atoms with E-state index in [1.807, 2.05) is 6.07 Å². The molecule has 1 fully saturated rings. The molecule has 0 aliphatic carbocycles. The number of carbonyl (C=O) groups excluding carboxylic acids is 2. The molecule has 0 bridgehead atoms. The van der Waals surface area contributed by atoms with E-state index in [2.05, 4.69) is 0 Å². The molecule has 1 saturated heterocycles. The second-order valence-electron chi connectivity index (χ2n) is 5.47. The van der Waals surface area contributed by atoms with Gasteiger partial charge in [0, 0.05) is 38.8 Å². The van der Waals surface area contributed by atoms with Gasteiger partial charge in [0.25, 0.3) is 0 Å². The maximum Gasteiger partial charge on any atom is 0.323 e. The van der Waals surface area contributed by atoms with Crippen molar-refractivity contribution in [1.82, 2.24) is 9.80 Å². The number of para-hydroxylation sites is 1. The van der Waals surface area contributed by atoms with Gasteiger partial charge in [-0.3, -0.25) is 14.4 Å². The number of piperazine rings is 1. The number of carboxylic acid groups (broad SMARTS) is 1. The highest BCUT2D eigenvalue weighted by molar-refractivity contribution is 5.84. The van der Waals surface area contributed by atoms with Gasteiger partial charge < -0.3 is 19.8 Å². The van der Waals surface area contributed by atoms with Crippen LogP contribution >= 0.6 is 0 Å². The summed E-state index contributed by atoms with van der Waals surface area (Å²) in [6.07, 6.45) is 0. The summed E-state index contributed by atoms with van der Waals surface area (Å²) in [7, 11) is 0. The minimum Gasteiger partial charge on any atom is -0.480 e. The van der Waals surface area contributed by atoms with Gasteiger partial charge >= 0.3 is 5.97 Å². The van der Waals surface area contributed by atoms with Crippen LogP contribution in [-0.2, 0) is 14.4 Å². The number of rotatable bonds is 5. The van der Waals surface area contributed by atoms with Crippen molar-refractivity contribution >= 4 is 23.5 Å². The Hall–Kier alpha value is -2.57. The van der Waals surface area contributed by atoms with Gasteiger partial charge in [0.05, 0.1) is 6.54 Å². The first-order valence-electron chi connectivity index (χ1n) is 7.52. The largest absolute Gasteiger partial charge is 0.480 e. The van der Waals surface area contributed by atoms with E-state index in [1.165, 1.54) is 6.92 Å². The third kappa shape index (κ3) is 4.70. The summed E-state index contributed by atoms with van der Waals surface area (Å²) in [6, 6.07) is 9.01. The number of hydrogen-bond donors (Lipinski definition) is 1. The van der Waals surface area contributed by atoms with Crippen LogP contribution in [0.3, 0.4) is 0 Å². The first-order chi connectivity index (χ1) is 11.0. The summed E-state index contributed by atoms with van der Waals surface area (Å²) in [4.78, 5) is 39.7. The third-order valence-electron chi connectivity index (χ3n) is 3.85. The maximum absolute atomic E-state index is 12.4. The lowest BCUT2D eigenvalue weighted by Crippen LogP contribution is -2.52. The molecule has 0 unspecified atom stereocenters. The Morgan fingerprint density at radius 1 is 1.00 bits per heavy atom. The summed E-state index contributed by atoms with van der Waals surface area (Å²) in [5.41, 5.74) is 0.700. The van der Waals surface area contributed by atoms with Crippen LogP contribution in [0.5, 0.6) is 0 Å². The van der Waals surface area contributed by atoms with E-state index in [1.54, 1.807) is 39.0 Å². The smallest absolute Gasteiger partial charge is 0.323 e. The second kappa shape index (κ2) is 7.62. The van der Waals surface area contributed by atoms with E-state index >= 15 is 0 Å². The van der Waals surface area contributed by atoms with Crippen molar-refractivity contribution < 1.29 is 19.5 Å². The van der Waals surface area contributed by atoms with Crippen LogP contribution in [0.1, 0.15) is 6.92 Å². The van der Waals surface area contributed by atoms with E-state index in [-0.39, 0.29) is 24.9 Å². The first-order valence-corrected chi connectivity index (χ1v) is 7.52. The Labute approximate surface area is 135 Å². The predicted octanol–water partition coefficient (Wildman–Crippen LogP) is 0.268. The van der Waals surface area contributed by atoms with Crippen molar-refractivity contribution in [2.45, 2.75) is 6.92 Å². The minimum absolute atomic E-state index is 0.00823. The highest BCUT2D eigenvalue weighted by Gasteiger charge is 2.24. The Morgan fingerprint density at radius 2 is 1.57 bits per heavy atom. The van der Waals surface area contributed by atoms with Crippen molar-refractivity contribution in [1.29, 1.82) is 0 Å². The molecule has 0 atom stereocenters. The fraction of sp³-hybridized carbons (Fsp3) is 0.438. The molecule has 124 valence electrons. The summed E-state index contributed by atoms with van der Waals surface area (Å²) in [5, 5.41) is 9.05. The molecule has 7 nitrogen and oxygen atoms in total. The Bertz CT molecular complexity index is 568. The van der Waals surface area contributed by atoms with Gasteiger partial charge in [-0.25, -0.2) is 0 Å². The van der Waals surface area contributed by atoms with Gasteiger partial charge in [-0.05, 0) is 12.1 Å². The van der Waals surface area contributed by atoms with Crippen molar-refractivity contribution in [3.05, 3.63) is 30.3 Å². The quantitative estimate of drug-likeness (QED) is 0.842. The molecule has 7 heteroatoms. The standard InChI is InChI=1S/C16H21N3O4/c1-13(20)17-7-9-18(10-8-17)15(21)11-19(12-16(22)23)14-5-3-2-4-6-14/h2-6H,7-12H2,1H3,(H,22,23). The molecule has 23 heavy (non-hydrogen) atoms. The van der Waals surface area contributed by atoms with E-state index in [0.717, 1.165) is 0 Å². The van der Waals surface area contributed by atoms with Gasteiger partial charge in [0.1, 0.15) is 6.54 Å². The predicted molar refractivity (Wildman–Crippen MR) is 85.1 cm³/mol. The minimum atomic E-state index is -0.983. The van der Waals surface area contributed by atoms with Gasteiger partial charge in [0.15, 0.2) is 0 Å². The van der Waals surface area contributed by atoms with Gasteiger partial charge in [-0.1, -0.05) is 18.2 Å². The summed E-state index contributed by atoms with van der Waals surface area (Å²) in [6.45, 7) is 3.29. The van der Waals surface area contributed by atoms with Crippen LogP contribution in [0.15, 0.2) is 30.3 Å². The normalized spacial score (nSPS) is 14.5. The average molecular weight is 319 g/mol. The Balaban J connectivity index is 1.98. The molecule has 1 N–H and O–H groups in total. The second-order valence-corrected chi connectivity index (χ2v) is 5.47. The van der Waals surface area contributed by atoms with Gasteiger partial charge in [-0.2, -0.15) is 0 Å². The molecule has 1 aliphatic heterocycles. The summed E-state index contributed by atoms with van der Waals surface area (Å²) >= 11 is 0. The number of aliphatic carboxylic acids is 1. The van der Waals surface area contributed by atoms with Gasteiger partial charge in [-0.15, -0.1) is 0 Å². The number of hydrogen-bond acceptors (Lipinski definition) is 4. The molecule has 2 amide bonds. The zero-order chi connectivity index (χ0) is 16.8. The lowest BCUT2D eigenvalue weighted by atomic mass is 10.2. The Kier molecular flexibility index (Phi) is 5.56. The number of anilines is 1. The maximum atomic E-state index is 12.4. The molecule has 1 aromatic rings. The molecule has 1 aromatic carbocycles. The van der Waals surface area contributed by atoms with E-state index in [9.17, 15) is 14.4 Å². The molecular formula is C16H21N3O4. The molecule has 1 heterocycles. The van der Waals surface area contributed by atoms with E-state index < -0.39 is 5.97 Å². The first kappa shape index (κ1) is 16.8. The lowest BCUT2D eigenvalue weighted by molar-refractivity contribution is -0.138. The molecule has 0 saturated carbocycles. The SMILES string of the molecule is CC(=O)N1CCN(C(=O)CN(CC(=O)O)c2ccccc2)CC1. The highest BCUT2D eigenvalue weighted by atomic mass is 16.4. The number of carboxylic acids is 1. The summed E-state index contributed by atoms with van der Waals surface area (Å²) in [5.74, 6) is -1.10. The fourth-order valence-corrected chi connectivity index (χ4v) is 2.57. The van der Waals surface area contributed by atoms with Crippen LogP contribution in [-0.4, -0.2) is 72.0 Å². The van der Waals surface area contributed by atoms with Crippen LogP contribution in [0, 0.1) is 0 Å². The average Bonchev–Trinajstić information content (AvgIpc) is 2.54. The third-order valence-corrected chi connectivity index (χ3v) is 3.85. The number of benzene rings is 1. The molecular weight excluding hydrogens is 298 g/mol. The van der Waals surface area contributed by atoms with E-state index in [0.29, 0.717) is 31.9 Å². The van der Waals surface area contributed by atoms with Crippen molar-refractivity contribution in [2.24, 2.45) is 0 Å². The topological polar surface area (TPSA) is 81.2 Å². The highest BCUT2D eigenvalue weighted by Crippen LogP contribution is 2.13. The monoisotopic (exact) mass is 319 g/mol. The van der Waals surface area contributed by atoms with Crippen molar-refractivity contribution in [3.63, 3.8) is 0 Å². The Morgan fingerprint density at radius 3 is 2.09 bits per heavy atom. The molecule has 0 radical (unpaired) electrons. The zero-order valence-electron chi connectivity index (χ0n) is 13.1. The van der Waals surface area contributed by atoms with Gasteiger partial charge in [0.2, 0.25) is 11.8 Å². The van der Waals surface area contributed by atoms with Crippen LogP contribution in [0.4, 0.5) is 5.69 Å². The number of nitrogens with zero attached hydrogens (tertiary/aromatic N) is 3. The molecule has 1 aliphatic rings. The van der Waals surface area contributed by atoms with E-state index in [4.69, 9.17) is 5.11 Å². The lowest BCUT2D eigenvalue weighted by Gasteiger charge is -2.35. The fourth-order valence-electron chi connectivity index (χ4n) is 2.57. The molecule has 0 aromatic heterocycles. The van der Waals surface area contributed by atoms with Crippen LogP contribution in [0.2, 0.25) is 0 Å². The molecule has 2 rings (SSSR count). The van der Waals surface area contributed by atoms with Crippen molar-refractivity contribution in [2.75, 3.05) is 44.2 Å². The zero-order valence-corrected chi connectivity index (χ0v) is 13.1. The number of carbonyl (C=O) groups is 3. The molecule has 0 spiro atoms. The van der Waals surface area contributed by atoms with Crippen molar-refractivity contribution in [3.8, 4) is 0 Å². The number of amides is 2. The van der Waals surface area contributed by atoms with Crippen LogP contribution in [0.25, 0.3) is 0 Å². The van der Waals surface area contributed by atoms with Crippen LogP contribution < -0.4 is 4.90 Å².